The van der Waals surface area contributed by atoms with Crippen molar-refractivity contribution >= 4 is 51.5 Å². The van der Waals surface area contributed by atoms with Gasteiger partial charge in [-0.15, -0.1) is 0 Å². The molecule has 3 rings (SSSR count). The number of nitrogens with one attached hydrogen (secondary N) is 1. The van der Waals surface area contributed by atoms with Crippen molar-refractivity contribution in [2.24, 2.45) is 4.99 Å². The molecule has 1 heterocycles. The van der Waals surface area contributed by atoms with E-state index in [4.69, 9.17) is 0 Å². The molecule has 0 bridgehead atoms. The number of anilines is 1. The molecule has 1 atom stereocenters. The average Bonchev–Trinajstić information content (AvgIpc) is 3.03. The highest BCUT2D eigenvalue weighted by Crippen LogP contribution is 2.34. The minimum absolute atomic E-state index is 0.0476. The van der Waals surface area contributed by atoms with Crippen LogP contribution in [0.1, 0.15) is 18.9 Å². The Hall–Kier alpha value is -3.80. The number of hydrogen-bond donors (Lipinski definition) is 1. The number of amides is 2. The molecule has 1 unspecified atom stereocenters. The second-order valence-electron chi connectivity index (χ2n) is 6.84. The van der Waals surface area contributed by atoms with Crippen molar-refractivity contribution in [3.05, 3.63) is 68.3 Å². The molecular formula is C20H19N5O6S. The number of carbonyl (C=O) groups is 2. The molecular weight excluding hydrogens is 438 g/mol. The van der Waals surface area contributed by atoms with Crippen LogP contribution in [0.2, 0.25) is 0 Å². The van der Waals surface area contributed by atoms with E-state index in [2.05, 4.69) is 10.3 Å². The van der Waals surface area contributed by atoms with E-state index < -0.39 is 21.0 Å². The van der Waals surface area contributed by atoms with Crippen molar-refractivity contribution in [3.8, 4) is 0 Å². The molecule has 1 aliphatic rings. The largest absolute Gasteiger partial charge is 0.320 e. The summed E-state index contributed by atoms with van der Waals surface area (Å²) in [6.07, 6.45) is -0.209. The summed E-state index contributed by atoms with van der Waals surface area (Å²) < 4.78 is 0. The topological polar surface area (TPSA) is 148 Å². The van der Waals surface area contributed by atoms with Crippen LogP contribution < -0.4 is 5.32 Å². The molecule has 11 nitrogen and oxygen atoms in total. The maximum atomic E-state index is 12.8. The number of nitrogens with zero attached hydrogens (tertiary/aromatic N) is 4. The molecule has 0 aromatic heterocycles. The first-order valence-corrected chi connectivity index (χ1v) is 10.4. The minimum Gasteiger partial charge on any atom is -0.320 e. The monoisotopic (exact) mass is 457 g/mol. The summed E-state index contributed by atoms with van der Waals surface area (Å²) in [6.45, 7) is 3.81. The van der Waals surface area contributed by atoms with Gasteiger partial charge >= 0.3 is 0 Å². The van der Waals surface area contributed by atoms with Crippen LogP contribution in [0.15, 0.2) is 47.5 Å². The fourth-order valence-corrected chi connectivity index (χ4v) is 4.27. The zero-order valence-electron chi connectivity index (χ0n) is 17.2. The van der Waals surface area contributed by atoms with E-state index in [1.165, 1.54) is 35.2 Å². The molecule has 2 amide bonds. The normalized spacial score (nSPS) is 16.9. The van der Waals surface area contributed by atoms with Crippen LogP contribution >= 0.6 is 11.8 Å². The summed E-state index contributed by atoms with van der Waals surface area (Å²) in [7, 11) is 0. The van der Waals surface area contributed by atoms with Crippen LogP contribution in [-0.2, 0) is 9.59 Å². The summed E-state index contributed by atoms with van der Waals surface area (Å²) in [5.74, 6) is -0.869. The first-order valence-electron chi connectivity index (χ1n) is 9.56. The summed E-state index contributed by atoms with van der Waals surface area (Å²) >= 11 is 1.08. The number of rotatable bonds is 7. The molecule has 0 saturated carbocycles. The molecule has 1 saturated heterocycles. The second kappa shape index (κ2) is 9.56. The van der Waals surface area contributed by atoms with Crippen molar-refractivity contribution in [1.82, 2.24) is 4.90 Å². The van der Waals surface area contributed by atoms with Gasteiger partial charge in [0.25, 0.3) is 11.4 Å². The Balaban J connectivity index is 1.79. The fourth-order valence-electron chi connectivity index (χ4n) is 3.06. The molecule has 0 radical (unpaired) electrons. The van der Waals surface area contributed by atoms with Crippen LogP contribution in [0.25, 0.3) is 0 Å². The molecule has 1 N–H and O–H groups in total. The number of nitro groups is 2. The Bertz CT molecular complexity index is 1140. The maximum absolute atomic E-state index is 12.8. The number of aryl methyl sites for hydroxylation is 1. The van der Waals surface area contributed by atoms with Crippen LogP contribution in [-0.4, -0.2) is 43.5 Å². The van der Waals surface area contributed by atoms with E-state index >= 15 is 0 Å². The SMILES string of the molecule is CCN1C(=O)C(CC(=O)Nc2ccccc2[N+](=O)[O-])SC1=Nc1cc([N+](=O)[O-])ccc1C. The van der Waals surface area contributed by atoms with Gasteiger partial charge in [-0.2, -0.15) is 0 Å². The van der Waals surface area contributed by atoms with Crippen molar-refractivity contribution in [2.45, 2.75) is 25.5 Å². The van der Waals surface area contributed by atoms with Gasteiger partial charge in [0, 0.05) is 31.2 Å². The lowest BCUT2D eigenvalue weighted by molar-refractivity contribution is -0.384. The summed E-state index contributed by atoms with van der Waals surface area (Å²) in [5.41, 5.74) is 0.742. The van der Waals surface area contributed by atoms with Crippen molar-refractivity contribution in [2.75, 3.05) is 11.9 Å². The zero-order valence-corrected chi connectivity index (χ0v) is 18.0. The zero-order chi connectivity index (χ0) is 23.4. The summed E-state index contributed by atoms with van der Waals surface area (Å²) in [6, 6.07) is 10.0. The number of thioether (sulfide) groups is 1. The minimum atomic E-state index is -0.768. The van der Waals surface area contributed by atoms with Gasteiger partial charge in [-0.3, -0.25) is 34.7 Å². The van der Waals surface area contributed by atoms with Crippen molar-refractivity contribution in [1.29, 1.82) is 0 Å². The summed E-state index contributed by atoms with van der Waals surface area (Å²) in [5, 5.41) is 24.2. The third-order valence-electron chi connectivity index (χ3n) is 4.70. The molecule has 0 spiro atoms. The Morgan fingerprint density at radius 2 is 1.91 bits per heavy atom. The van der Waals surface area contributed by atoms with E-state index in [1.54, 1.807) is 26.0 Å². The lowest BCUT2D eigenvalue weighted by atomic mass is 10.2. The fraction of sp³-hybridized carbons (Fsp3) is 0.250. The number of aliphatic imine (C=N–C) groups is 1. The van der Waals surface area contributed by atoms with E-state index in [9.17, 15) is 29.8 Å². The molecule has 166 valence electrons. The van der Waals surface area contributed by atoms with Gasteiger partial charge in [-0.25, -0.2) is 4.99 Å². The standard InChI is InChI=1S/C20H19N5O6S/c1-3-23-19(27)17(11-18(26)21-14-6-4-5-7-16(14)25(30)31)32-20(23)22-15-10-13(24(28)29)9-8-12(15)2/h4-10,17H,3,11H2,1-2H3,(H,21,26). The van der Waals surface area contributed by atoms with Gasteiger partial charge in [-0.1, -0.05) is 30.0 Å². The second-order valence-corrected chi connectivity index (χ2v) is 8.01. The van der Waals surface area contributed by atoms with E-state index in [-0.39, 0.29) is 29.4 Å². The first kappa shape index (κ1) is 22.9. The number of nitro benzene ring substituents is 2. The number of amidine groups is 1. The molecule has 32 heavy (non-hydrogen) atoms. The predicted molar refractivity (Wildman–Crippen MR) is 120 cm³/mol. The highest BCUT2D eigenvalue weighted by Gasteiger charge is 2.38. The number of hydrogen-bond acceptors (Lipinski definition) is 8. The molecule has 2 aromatic carbocycles. The number of carbonyl (C=O) groups excluding carboxylic acids is 2. The van der Waals surface area contributed by atoms with Gasteiger partial charge < -0.3 is 5.32 Å². The average molecular weight is 457 g/mol. The van der Waals surface area contributed by atoms with Crippen LogP contribution in [0.3, 0.4) is 0 Å². The molecule has 12 heteroatoms. The molecule has 1 aliphatic heterocycles. The molecule has 0 aliphatic carbocycles. The summed E-state index contributed by atoms with van der Waals surface area (Å²) in [4.78, 5) is 52.2. The van der Waals surface area contributed by atoms with Gasteiger partial charge in [-0.05, 0) is 25.5 Å². The van der Waals surface area contributed by atoms with E-state index in [0.29, 0.717) is 23.0 Å². The lowest BCUT2D eigenvalue weighted by Gasteiger charge is -2.13. The number of non-ortho nitro benzene ring substituents is 1. The Morgan fingerprint density at radius 1 is 1.19 bits per heavy atom. The molecule has 1 fully saturated rings. The smallest absolute Gasteiger partial charge is 0.292 e. The quantitative estimate of drug-likeness (QED) is 0.491. The van der Waals surface area contributed by atoms with Gasteiger partial charge in [0.15, 0.2) is 5.17 Å². The van der Waals surface area contributed by atoms with Crippen molar-refractivity contribution in [3.63, 3.8) is 0 Å². The first-order chi connectivity index (χ1) is 15.2. The molecule has 2 aromatic rings. The Labute approximate surface area is 186 Å². The lowest BCUT2D eigenvalue weighted by Crippen LogP contribution is -2.33. The maximum Gasteiger partial charge on any atom is 0.292 e. The highest BCUT2D eigenvalue weighted by atomic mass is 32.2. The Kier molecular flexibility index (Phi) is 6.83. The van der Waals surface area contributed by atoms with Gasteiger partial charge in [0.1, 0.15) is 10.9 Å². The van der Waals surface area contributed by atoms with Gasteiger partial charge in [0.05, 0.1) is 15.5 Å². The predicted octanol–water partition coefficient (Wildman–Crippen LogP) is 3.79. The van der Waals surface area contributed by atoms with Crippen LogP contribution in [0.4, 0.5) is 22.7 Å². The van der Waals surface area contributed by atoms with E-state index in [0.717, 1.165) is 11.8 Å². The third-order valence-corrected chi connectivity index (χ3v) is 5.88. The van der Waals surface area contributed by atoms with E-state index in [1.807, 2.05) is 0 Å². The number of benzene rings is 2. The Morgan fingerprint density at radius 3 is 2.56 bits per heavy atom. The van der Waals surface area contributed by atoms with Crippen LogP contribution in [0, 0.1) is 27.2 Å². The van der Waals surface area contributed by atoms with Gasteiger partial charge in [0.2, 0.25) is 11.8 Å². The van der Waals surface area contributed by atoms with Crippen LogP contribution in [0.5, 0.6) is 0 Å². The highest BCUT2D eigenvalue weighted by molar-refractivity contribution is 8.15. The van der Waals surface area contributed by atoms with Crippen molar-refractivity contribution < 1.29 is 19.4 Å². The number of para-hydroxylation sites is 2. The third kappa shape index (κ3) is 4.91.